The lowest BCUT2D eigenvalue weighted by molar-refractivity contribution is 0.0277. The largest absolute Gasteiger partial charge is 0.477 e. The zero-order valence-corrected chi connectivity index (χ0v) is 16.6. The van der Waals surface area contributed by atoms with E-state index in [0.717, 1.165) is 43.6 Å². The molecule has 1 aromatic heterocycles. The van der Waals surface area contributed by atoms with E-state index in [0.29, 0.717) is 18.5 Å². The van der Waals surface area contributed by atoms with Crippen molar-refractivity contribution >= 4 is 5.96 Å². The molecule has 0 radical (unpaired) electrons. The predicted octanol–water partition coefficient (Wildman–Crippen LogP) is 3.27. The van der Waals surface area contributed by atoms with Crippen molar-refractivity contribution < 1.29 is 9.47 Å². The zero-order chi connectivity index (χ0) is 18.7. The van der Waals surface area contributed by atoms with E-state index in [1.165, 1.54) is 44.9 Å². The van der Waals surface area contributed by atoms with Crippen LogP contribution in [0.5, 0.6) is 5.88 Å². The molecule has 2 fully saturated rings. The molecule has 2 saturated carbocycles. The summed E-state index contributed by atoms with van der Waals surface area (Å²) in [5, 5.41) is 6.67. The maximum Gasteiger partial charge on any atom is 0.213 e. The fourth-order valence-corrected chi connectivity index (χ4v) is 3.26. The van der Waals surface area contributed by atoms with Crippen LogP contribution in [-0.2, 0) is 11.3 Å². The second-order valence-electron chi connectivity index (χ2n) is 7.60. The number of nitrogens with zero attached hydrogens (tertiary/aromatic N) is 2. The summed E-state index contributed by atoms with van der Waals surface area (Å²) in [6.07, 6.45) is 12.4. The van der Waals surface area contributed by atoms with E-state index in [-0.39, 0.29) is 0 Å². The molecule has 27 heavy (non-hydrogen) atoms. The van der Waals surface area contributed by atoms with Gasteiger partial charge in [-0.1, -0.05) is 25.3 Å². The molecule has 2 aliphatic rings. The van der Waals surface area contributed by atoms with Crippen molar-refractivity contribution in [3.05, 3.63) is 23.9 Å². The van der Waals surface area contributed by atoms with Crippen LogP contribution in [0, 0.1) is 5.92 Å². The molecule has 0 bridgehead atoms. The standard InChI is InChI=1S/C21H34N4O2/c1-22-21(23-12-5-13-26-19-6-3-2-4-7-19)25-15-18-10-11-20(24-14-18)27-16-17-8-9-17/h10-11,14,17,19H,2-9,12-13,15-16H2,1H3,(H2,22,23,25). The highest BCUT2D eigenvalue weighted by molar-refractivity contribution is 5.79. The average Bonchev–Trinajstić information content (AvgIpc) is 3.54. The first kappa shape index (κ1) is 19.9. The summed E-state index contributed by atoms with van der Waals surface area (Å²) in [5.74, 6) is 2.27. The molecule has 0 amide bonds. The Morgan fingerprint density at radius 1 is 1.15 bits per heavy atom. The van der Waals surface area contributed by atoms with Crippen LogP contribution in [0.15, 0.2) is 23.3 Å². The van der Waals surface area contributed by atoms with E-state index in [4.69, 9.17) is 9.47 Å². The molecule has 0 saturated heterocycles. The number of ether oxygens (including phenoxy) is 2. The van der Waals surface area contributed by atoms with Gasteiger partial charge in [-0.15, -0.1) is 0 Å². The third-order valence-electron chi connectivity index (χ3n) is 5.16. The fourth-order valence-electron chi connectivity index (χ4n) is 3.26. The summed E-state index contributed by atoms with van der Waals surface area (Å²) in [6.45, 7) is 3.17. The van der Waals surface area contributed by atoms with Crippen molar-refractivity contribution in [1.29, 1.82) is 0 Å². The SMILES string of the molecule is CN=C(NCCCOC1CCCCC1)NCc1ccc(OCC2CC2)nc1. The van der Waals surface area contributed by atoms with Gasteiger partial charge in [-0.2, -0.15) is 0 Å². The Morgan fingerprint density at radius 2 is 2.00 bits per heavy atom. The zero-order valence-electron chi connectivity index (χ0n) is 16.6. The Hall–Kier alpha value is -1.82. The Kier molecular flexibility index (Phi) is 8.21. The van der Waals surface area contributed by atoms with Crippen molar-refractivity contribution in [2.75, 3.05) is 26.8 Å². The minimum Gasteiger partial charge on any atom is -0.477 e. The number of nitrogens with one attached hydrogen (secondary N) is 2. The third kappa shape index (κ3) is 7.75. The Labute approximate surface area is 163 Å². The summed E-state index contributed by atoms with van der Waals surface area (Å²) in [4.78, 5) is 8.65. The van der Waals surface area contributed by atoms with Gasteiger partial charge in [0.05, 0.1) is 12.7 Å². The highest BCUT2D eigenvalue weighted by Gasteiger charge is 2.22. The minimum absolute atomic E-state index is 0.486. The van der Waals surface area contributed by atoms with Crippen molar-refractivity contribution in [3.8, 4) is 5.88 Å². The van der Waals surface area contributed by atoms with Crippen LogP contribution in [-0.4, -0.2) is 43.9 Å². The van der Waals surface area contributed by atoms with Crippen LogP contribution in [0.1, 0.15) is 56.9 Å². The molecule has 150 valence electrons. The van der Waals surface area contributed by atoms with Crippen LogP contribution >= 0.6 is 0 Å². The molecule has 1 heterocycles. The molecule has 6 nitrogen and oxygen atoms in total. The average molecular weight is 375 g/mol. The molecule has 2 N–H and O–H groups in total. The van der Waals surface area contributed by atoms with Crippen LogP contribution in [0.3, 0.4) is 0 Å². The van der Waals surface area contributed by atoms with E-state index in [1.807, 2.05) is 18.3 Å². The normalized spacial score (nSPS) is 18.3. The lowest BCUT2D eigenvalue weighted by atomic mass is 9.98. The van der Waals surface area contributed by atoms with Gasteiger partial charge in [-0.25, -0.2) is 4.98 Å². The topological polar surface area (TPSA) is 67.8 Å². The molecule has 6 heteroatoms. The fraction of sp³-hybridized carbons (Fsp3) is 0.714. The first-order chi connectivity index (χ1) is 13.3. The molecule has 1 aromatic rings. The quantitative estimate of drug-likeness (QED) is 0.374. The lowest BCUT2D eigenvalue weighted by Gasteiger charge is -2.22. The summed E-state index contributed by atoms with van der Waals surface area (Å²) in [7, 11) is 1.79. The van der Waals surface area contributed by atoms with Gasteiger partial charge in [-0.3, -0.25) is 4.99 Å². The number of hydrogen-bond donors (Lipinski definition) is 2. The second-order valence-corrected chi connectivity index (χ2v) is 7.60. The number of pyridine rings is 1. The summed E-state index contributed by atoms with van der Waals surface area (Å²) < 4.78 is 11.6. The van der Waals surface area contributed by atoms with Crippen molar-refractivity contribution in [2.24, 2.45) is 10.9 Å². The Morgan fingerprint density at radius 3 is 2.70 bits per heavy atom. The van der Waals surface area contributed by atoms with Gasteiger partial charge in [0.15, 0.2) is 5.96 Å². The van der Waals surface area contributed by atoms with Gasteiger partial charge < -0.3 is 20.1 Å². The molecule has 0 aliphatic heterocycles. The number of guanidine groups is 1. The minimum atomic E-state index is 0.486. The molecule has 2 aliphatic carbocycles. The van der Waals surface area contributed by atoms with E-state index >= 15 is 0 Å². The van der Waals surface area contributed by atoms with Crippen LogP contribution in [0.4, 0.5) is 0 Å². The number of aromatic nitrogens is 1. The number of hydrogen-bond acceptors (Lipinski definition) is 4. The first-order valence-corrected chi connectivity index (χ1v) is 10.5. The molecular weight excluding hydrogens is 340 g/mol. The Bertz CT molecular complexity index is 566. The maximum atomic E-state index is 5.96. The van der Waals surface area contributed by atoms with Gasteiger partial charge in [0.25, 0.3) is 0 Å². The van der Waals surface area contributed by atoms with E-state index in [1.54, 1.807) is 7.05 Å². The monoisotopic (exact) mass is 374 g/mol. The van der Waals surface area contributed by atoms with E-state index in [9.17, 15) is 0 Å². The predicted molar refractivity (Wildman–Crippen MR) is 108 cm³/mol. The smallest absolute Gasteiger partial charge is 0.213 e. The summed E-state index contributed by atoms with van der Waals surface area (Å²) >= 11 is 0. The van der Waals surface area contributed by atoms with Gasteiger partial charge >= 0.3 is 0 Å². The number of aliphatic imine (C=N–C) groups is 1. The van der Waals surface area contributed by atoms with Crippen molar-refractivity contribution in [3.63, 3.8) is 0 Å². The molecular formula is C21H34N4O2. The van der Waals surface area contributed by atoms with E-state index in [2.05, 4.69) is 20.6 Å². The van der Waals surface area contributed by atoms with Gasteiger partial charge in [0.1, 0.15) is 0 Å². The van der Waals surface area contributed by atoms with Crippen molar-refractivity contribution in [2.45, 2.75) is 64.0 Å². The van der Waals surface area contributed by atoms with E-state index < -0.39 is 0 Å². The van der Waals surface area contributed by atoms with Crippen molar-refractivity contribution in [1.82, 2.24) is 15.6 Å². The first-order valence-electron chi connectivity index (χ1n) is 10.5. The summed E-state index contributed by atoms with van der Waals surface area (Å²) in [5.41, 5.74) is 1.11. The highest BCUT2D eigenvalue weighted by atomic mass is 16.5. The van der Waals surface area contributed by atoms with Gasteiger partial charge in [-0.05, 0) is 43.6 Å². The van der Waals surface area contributed by atoms with Gasteiger partial charge in [0, 0.05) is 39.0 Å². The van der Waals surface area contributed by atoms with Crippen LogP contribution in [0.25, 0.3) is 0 Å². The Balaban J connectivity index is 1.26. The number of rotatable bonds is 10. The second kappa shape index (κ2) is 11.1. The maximum absolute atomic E-state index is 5.96. The third-order valence-corrected chi connectivity index (χ3v) is 5.16. The molecule has 0 aromatic carbocycles. The van der Waals surface area contributed by atoms with Crippen LogP contribution < -0.4 is 15.4 Å². The summed E-state index contributed by atoms with van der Waals surface area (Å²) in [6, 6.07) is 3.99. The van der Waals surface area contributed by atoms with Crippen LogP contribution in [0.2, 0.25) is 0 Å². The van der Waals surface area contributed by atoms with Gasteiger partial charge in [0.2, 0.25) is 5.88 Å². The highest BCUT2D eigenvalue weighted by Crippen LogP contribution is 2.29. The molecule has 0 spiro atoms. The lowest BCUT2D eigenvalue weighted by Crippen LogP contribution is -2.37. The molecule has 3 rings (SSSR count). The molecule has 0 unspecified atom stereocenters. The molecule has 0 atom stereocenters.